The molecule has 21 heavy (non-hydrogen) atoms. The Hall–Kier alpha value is -2.08. The van der Waals surface area contributed by atoms with Crippen molar-refractivity contribution in [2.24, 2.45) is 5.41 Å². The number of ether oxygens (including phenoxy) is 1. The number of nitrogens with two attached hydrogens (primary N) is 1. The fraction of sp³-hybridized carbons (Fsp3) is 0.467. The monoisotopic (exact) mass is 291 g/mol. The number of benzene rings is 1. The summed E-state index contributed by atoms with van der Waals surface area (Å²) in [6, 6.07) is 4.77. The van der Waals surface area contributed by atoms with Crippen molar-refractivity contribution >= 4 is 5.69 Å². The van der Waals surface area contributed by atoms with Crippen LogP contribution in [0.2, 0.25) is 0 Å². The van der Waals surface area contributed by atoms with Crippen molar-refractivity contribution in [3.05, 3.63) is 24.0 Å². The Morgan fingerprint density at radius 3 is 2.67 bits per heavy atom. The fourth-order valence-corrected chi connectivity index (χ4v) is 2.02. The van der Waals surface area contributed by atoms with Crippen LogP contribution in [0.1, 0.15) is 39.6 Å². The lowest BCUT2D eigenvalue weighted by Gasteiger charge is -2.27. The Labute approximate surface area is 123 Å². The van der Waals surface area contributed by atoms with E-state index in [9.17, 15) is 5.11 Å². The molecule has 1 aromatic heterocycles. The van der Waals surface area contributed by atoms with Crippen molar-refractivity contribution in [2.45, 2.75) is 33.8 Å². The van der Waals surface area contributed by atoms with Gasteiger partial charge in [0, 0.05) is 12.2 Å². The molecule has 6 nitrogen and oxygen atoms in total. The minimum atomic E-state index is -0.255. The Morgan fingerprint density at radius 2 is 2.10 bits per heavy atom. The first-order valence-corrected chi connectivity index (χ1v) is 6.87. The van der Waals surface area contributed by atoms with E-state index in [4.69, 9.17) is 15.0 Å². The van der Waals surface area contributed by atoms with Gasteiger partial charge in [-0.3, -0.25) is 0 Å². The molecule has 0 saturated heterocycles. The lowest BCUT2D eigenvalue weighted by molar-refractivity contribution is -0.0203. The second-order valence-electron chi connectivity index (χ2n) is 5.93. The van der Waals surface area contributed by atoms with E-state index in [1.807, 2.05) is 6.92 Å². The van der Waals surface area contributed by atoms with Crippen LogP contribution in [0.5, 0.6) is 5.75 Å². The van der Waals surface area contributed by atoms with Crippen LogP contribution in [0.25, 0.3) is 11.5 Å². The molecule has 0 aliphatic heterocycles. The van der Waals surface area contributed by atoms with E-state index < -0.39 is 0 Å². The van der Waals surface area contributed by atoms with Gasteiger partial charge in [-0.1, -0.05) is 25.9 Å². The molecule has 6 heteroatoms. The number of phenolic OH excluding ortho intramolecular Hbond substituents is 1. The number of rotatable bonds is 4. The van der Waals surface area contributed by atoms with E-state index in [2.05, 4.69) is 30.9 Å². The molecule has 1 heterocycles. The van der Waals surface area contributed by atoms with Crippen LogP contribution < -0.4 is 5.73 Å². The van der Waals surface area contributed by atoms with Crippen LogP contribution in [0, 0.1) is 5.41 Å². The van der Waals surface area contributed by atoms with Crippen molar-refractivity contribution in [1.29, 1.82) is 0 Å². The van der Waals surface area contributed by atoms with Gasteiger partial charge in [-0.25, -0.2) is 0 Å². The molecule has 114 valence electrons. The zero-order valence-corrected chi connectivity index (χ0v) is 12.8. The number of nitrogens with zero attached hydrogens (tertiary/aromatic N) is 2. The van der Waals surface area contributed by atoms with Crippen LogP contribution in [-0.4, -0.2) is 21.9 Å². The number of phenols is 1. The predicted molar refractivity (Wildman–Crippen MR) is 79.6 cm³/mol. The van der Waals surface area contributed by atoms with Crippen LogP contribution >= 0.6 is 0 Å². The van der Waals surface area contributed by atoms with Gasteiger partial charge in [-0.2, -0.15) is 4.98 Å². The van der Waals surface area contributed by atoms with Gasteiger partial charge in [0.05, 0.1) is 5.69 Å². The van der Waals surface area contributed by atoms with Crippen LogP contribution in [0.4, 0.5) is 5.69 Å². The Bertz CT molecular complexity index is 617. The molecule has 0 aliphatic carbocycles. The summed E-state index contributed by atoms with van der Waals surface area (Å²) in [6.45, 7) is 8.67. The van der Waals surface area contributed by atoms with Crippen molar-refractivity contribution < 1.29 is 14.4 Å². The third kappa shape index (κ3) is 3.33. The van der Waals surface area contributed by atoms with Gasteiger partial charge in [0.25, 0.3) is 5.89 Å². The number of nitrogen functional groups attached to an aromatic ring is 1. The SMILES string of the molecule is CCOC(c1noc(-c2ccc(O)c(N)c2)n1)C(C)(C)C. The average Bonchev–Trinajstić information content (AvgIpc) is 2.87. The molecule has 1 aromatic carbocycles. The quantitative estimate of drug-likeness (QED) is 0.663. The summed E-state index contributed by atoms with van der Waals surface area (Å²) in [5.41, 5.74) is 6.46. The van der Waals surface area contributed by atoms with Crippen LogP contribution in [0.3, 0.4) is 0 Å². The summed E-state index contributed by atoms with van der Waals surface area (Å²) in [6.07, 6.45) is -0.255. The van der Waals surface area contributed by atoms with Gasteiger partial charge in [0.2, 0.25) is 5.82 Å². The van der Waals surface area contributed by atoms with Gasteiger partial charge in [-0.15, -0.1) is 0 Å². The molecular formula is C15H21N3O3. The summed E-state index contributed by atoms with van der Waals surface area (Å²) in [4.78, 5) is 4.40. The maximum atomic E-state index is 9.45. The molecule has 2 rings (SSSR count). The standard InChI is InChI=1S/C15H21N3O3/c1-5-20-12(15(2,3)4)13-17-14(21-18-13)9-6-7-11(19)10(16)8-9/h6-8,12,19H,5,16H2,1-4H3. The summed E-state index contributed by atoms with van der Waals surface area (Å²) >= 11 is 0. The lowest BCUT2D eigenvalue weighted by atomic mass is 9.88. The smallest absolute Gasteiger partial charge is 0.258 e. The van der Waals surface area contributed by atoms with Gasteiger partial charge in [-0.05, 0) is 30.5 Å². The molecule has 0 radical (unpaired) electrons. The number of aromatic nitrogens is 2. The van der Waals surface area contributed by atoms with Crippen molar-refractivity contribution in [1.82, 2.24) is 10.1 Å². The minimum Gasteiger partial charge on any atom is -0.506 e. The van der Waals surface area contributed by atoms with E-state index in [1.54, 1.807) is 12.1 Å². The predicted octanol–water partition coefficient (Wildman–Crippen LogP) is 3.15. The zero-order chi connectivity index (χ0) is 15.6. The highest BCUT2D eigenvalue weighted by Crippen LogP contribution is 2.35. The molecule has 1 atom stereocenters. The Kier molecular flexibility index (Phi) is 4.18. The first-order chi connectivity index (χ1) is 9.82. The third-order valence-electron chi connectivity index (χ3n) is 3.07. The topological polar surface area (TPSA) is 94.4 Å². The third-order valence-corrected chi connectivity index (χ3v) is 3.07. The fourth-order valence-electron chi connectivity index (χ4n) is 2.02. The molecule has 0 bridgehead atoms. The number of anilines is 1. The molecule has 0 amide bonds. The average molecular weight is 291 g/mol. The maximum absolute atomic E-state index is 9.45. The molecule has 0 aliphatic rings. The molecule has 0 fully saturated rings. The summed E-state index contributed by atoms with van der Waals surface area (Å²) in [5, 5.41) is 13.5. The minimum absolute atomic E-state index is 0.0281. The molecular weight excluding hydrogens is 270 g/mol. The highest BCUT2D eigenvalue weighted by atomic mass is 16.5. The molecule has 0 spiro atoms. The van der Waals surface area contributed by atoms with E-state index in [1.165, 1.54) is 6.07 Å². The maximum Gasteiger partial charge on any atom is 0.258 e. The summed E-state index contributed by atoms with van der Waals surface area (Å²) in [7, 11) is 0. The molecule has 0 saturated carbocycles. The number of aromatic hydroxyl groups is 1. The van der Waals surface area contributed by atoms with E-state index >= 15 is 0 Å². The van der Waals surface area contributed by atoms with Crippen molar-refractivity contribution in [2.75, 3.05) is 12.3 Å². The number of hydrogen-bond acceptors (Lipinski definition) is 6. The summed E-state index contributed by atoms with van der Waals surface area (Å²) < 4.78 is 11.0. The lowest BCUT2D eigenvalue weighted by Crippen LogP contribution is -2.22. The van der Waals surface area contributed by atoms with E-state index in [-0.39, 0.29) is 23.0 Å². The molecule has 2 aromatic rings. The second-order valence-corrected chi connectivity index (χ2v) is 5.93. The largest absolute Gasteiger partial charge is 0.506 e. The van der Waals surface area contributed by atoms with Gasteiger partial charge in [0.15, 0.2) is 0 Å². The van der Waals surface area contributed by atoms with Gasteiger partial charge < -0.3 is 20.1 Å². The second kappa shape index (κ2) is 5.73. The molecule has 3 N–H and O–H groups in total. The molecule has 1 unspecified atom stereocenters. The summed E-state index contributed by atoms with van der Waals surface area (Å²) in [5.74, 6) is 0.886. The Balaban J connectivity index is 2.33. The number of hydrogen-bond donors (Lipinski definition) is 2. The first-order valence-electron chi connectivity index (χ1n) is 6.87. The van der Waals surface area contributed by atoms with E-state index in [0.29, 0.717) is 23.9 Å². The van der Waals surface area contributed by atoms with Crippen molar-refractivity contribution in [3.63, 3.8) is 0 Å². The highest BCUT2D eigenvalue weighted by Gasteiger charge is 2.31. The van der Waals surface area contributed by atoms with Crippen LogP contribution in [0.15, 0.2) is 22.7 Å². The zero-order valence-electron chi connectivity index (χ0n) is 12.8. The van der Waals surface area contributed by atoms with E-state index in [0.717, 1.165) is 0 Å². The van der Waals surface area contributed by atoms with Gasteiger partial charge >= 0.3 is 0 Å². The van der Waals surface area contributed by atoms with Crippen LogP contribution in [-0.2, 0) is 4.74 Å². The highest BCUT2D eigenvalue weighted by molar-refractivity contribution is 5.64. The van der Waals surface area contributed by atoms with Crippen molar-refractivity contribution in [3.8, 4) is 17.2 Å². The van der Waals surface area contributed by atoms with Gasteiger partial charge in [0.1, 0.15) is 11.9 Å². The Morgan fingerprint density at radius 1 is 1.38 bits per heavy atom. The normalized spacial score (nSPS) is 13.3. The first kappa shape index (κ1) is 15.3.